The summed E-state index contributed by atoms with van der Waals surface area (Å²) in [6, 6.07) is 3.84. The topological polar surface area (TPSA) is 63.2 Å². The standard InChI is InChI=1S/C14H19Cl2NO3S/c1-10(2)5-3-4-6-17-14(18)11-7-12(15)9-13(8-11)21(16,19)20/h7-10H,3-6H2,1-2H3,(H,17,18). The second-order valence-corrected chi connectivity index (χ2v) is 8.26. The van der Waals surface area contributed by atoms with E-state index in [1.165, 1.54) is 18.2 Å². The summed E-state index contributed by atoms with van der Waals surface area (Å²) < 4.78 is 22.6. The Balaban J connectivity index is 2.64. The minimum absolute atomic E-state index is 0.154. The molecule has 0 spiro atoms. The lowest BCUT2D eigenvalue weighted by Crippen LogP contribution is -2.24. The van der Waals surface area contributed by atoms with E-state index in [1.807, 2.05) is 0 Å². The molecule has 7 heteroatoms. The van der Waals surface area contributed by atoms with Gasteiger partial charge in [-0.05, 0) is 30.5 Å². The Kier molecular flexibility index (Phi) is 6.97. The van der Waals surface area contributed by atoms with Crippen LogP contribution in [0.25, 0.3) is 0 Å². The van der Waals surface area contributed by atoms with E-state index in [-0.39, 0.29) is 21.4 Å². The molecule has 0 aromatic heterocycles. The summed E-state index contributed by atoms with van der Waals surface area (Å²) in [7, 11) is 1.35. The quantitative estimate of drug-likeness (QED) is 0.599. The van der Waals surface area contributed by atoms with Crippen LogP contribution in [0.1, 0.15) is 43.5 Å². The van der Waals surface area contributed by atoms with E-state index in [1.54, 1.807) is 0 Å². The van der Waals surface area contributed by atoms with E-state index in [2.05, 4.69) is 19.2 Å². The van der Waals surface area contributed by atoms with E-state index in [4.69, 9.17) is 22.3 Å². The molecule has 118 valence electrons. The molecule has 0 saturated carbocycles. The molecule has 0 aliphatic rings. The minimum atomic E-state index is -3.91. The summed E-state index contributed by atoms with van der Waals surface area (Å²) in [5.74, 6) is 0.286. The van der Waals surface area contributed by atoms with Gasteiger partial charge in [0.2, 0.25) is 0 Å². The number of benzene rings is 1. The van der Waals surface area contributed by atoms with Crippen LogP contribution in [-0.2, 0) is 9.05 Å². The summed E-state index contributed by atoms with van der Waals surface area (Å²) >= 11 is 5.82. The molecule has 0 unspecified atom stereocenters. The number of amides is 1. The van der Waals surface area contributed by atoms with Crippen LogP contribution in [-0.4, -0.2) is 20.9 Å². The highest BCUT2D eigenvalue weighted by atomic mass is 35.7. The Hall–Kier alpha value is -0.780. The van der Waals surface area contributed by atoms with Crippen LogP contribution >= 0.6 is 22.3 Å². The Bertz CT molecular complexity index is 600. The zero-order valence-electron chi connectivity index (χ0n) is 12.0. The van der Waals surface area contributed by atoms with Gasteiger partial charge in [-0.3, -0.25) is 4.79 Å². The normalized spacial score (nSPS) is 11.7. The highest BCUT2D eigenvalue weighted by Crippen LogP contribution is 2.22. The van der Waals surface area contributed by atoms with Crippen LogP contribution in [0.2, 0.25) is 5.02 Å². The molecule has 1 N–H and O–H groups in total. The van der Waals surface area contributed by atoms with Gasteiger partial charge in [0, 0.05) is 27.8 Å². The van der Waals surface area contributed by atoms with Crippen LogP contribution in [0, 0.1) is 5.92 Å². The molecule has 1 amide bonds. The van der Waals surface area contributed by atoms with Gasteiger partial charge in [-0.25, -0.2) is 8.42 Å². The molecular weight excluding hydrogens is 333 g/mol. The second kappa shape index (κ2) is 8.01. The maximum atomic E-state index is 12.0. The van der Waals surface area contributed by atoms with Crippen LogP contribution in [0.15, 0.2) is 23.1 Å². The Labute approximate surface area is 135 Å². The lowest BCUT2D eigenvalue weighted by atomic mass is 10.1. The fourth-order valence-electron chi connectivity index (χ4n) is 1.82. The van der Waals surface area contributed by atoms with Gasteiger partial charge in [0.15, 0.2) is 0 Å². The summed E-state index contributed by atoms with van der Waals surface area (Å²) in [4.78, 5) is 11.8. The van der Waals surface area contributed by atoms with Crippen molar-refractivity contribution in [2.45, 2.75) is 38.0 Å². The van der Waals surface area contributed by atoms with Gasteiger partial charge >= 0.3 is 0 Å². The smallest absolute Gasteiger partial charge is 0.261 e. The number of carbonyl (C=O) groups excluding carboxylic acids is 1. The third-order valence-electron chi connectivity index (χ3n) is 2.91. The third kappa shape index (κ3) is 6.68. The third-order valence-corrected chi connectivity index (χ3v) is 4.46. The average molecular weight is 352 g/mol. The molecule has 0 fully saturated rings. The summed E-state index contributed by atoms with van der Waals surface area (Å²) in [5.41, 5.74) is 0.186. The molecule has 4 nitrogen and oxygen atoms in total. The molecule has 1 aromatic rings. The highest BCUT2D eigenvalue weighted by molar-refractivity contribution is 8.13. The summed E-state index contributed by atoms with van der Waals surface area (Å²) in [6.07, 6.45) is 3.03. The lowest BCUT2D eigenvalue weighted by Gasteiger charge is -2.08. The molecule has 0 aliphatic heterocycles. The van der Waals surface area contributed by atoms with E-state index >= 15 is 0 Å². The van der Waals surface area contributed by atoms with Crippen LogP contribution < -0.4 is 5.32 Å². The lowest BCUT2D eigenvalue weighted by molar-refractivity contribution is 0.0952. The molecular formula is C14H19Cl2NO3S. The molecule has 0 atom stereocenters. The Morgan fingerprint density at radius 3 is 2.48 bits per heavy atom. The number of unbranched alkanes of at least 4 members (excludes halogenated alkanes) is 1. The van der Waals surface area contributed by atoms with Crippen molar-refractivity contribution < 1.29 is 13.2 Å². The van der Waals surface area contributed by atoms with Crippen molar-refractivity contribution in [3.05, 3.63) is 28.8 Å². The predicted molar refractivity (Wildman–Crippen MR) is 85.5 cm³/mol. The molecule has 0 saturated heterocycles. The van der Waals surface area contributed by atoms with E-state index < -0.39 is 9.05 Å². The number of hydrogen-bond donors (Lipinski definition) is 1. The molecule has 1 aromatic carbocycles. The van der Waals surface area contributed by atoms with Crippen LogP contribution in [0.4, 0.5) is 0 Å². The first-order valence-corrected chi connectivity index (χ1v) is 9.42. The van der Waals surface area contributed by atoms with Gasteiger partial charge in [0.05, 0.1) is 4.90 Å². The maximum Gasteiger partial charge on any atom is 0.261 e. The van der Waals surface area contributed by atoms with Crippen molar-refractivity contribution in [3.63, 3.8) is 0 Å². The fourth-order valence-corrected chi connectivity index (χ4v) is 2.92. The SMILES string of the molecule is CC(C)CCCCNC(=O)c1cc(Cl)cc(S(=O)(=O)Cl)c1. The number of rotatable bonds is 7. The molecule has 0 heterocycles. The highest BCUT2D eigenvalue weighted by Gasteiger charge is 2.15. The number of nitrogens with one attached hydrogen (secondary N) is 1. The zero-order chi connectivity index (χ0) is 16.0. The predicted octanol–water partition coefficient (Wildman–Crippen LogP) is 3.82. The molecule has 0 bridgehead atoms. The van der Waals surface area contributed by atoms with Crippen LogP contribution in [0.5, 0.6) is 0 Å². The van der Waals surface area contributed by atoms with Crippen molar-refractivity contribution in [2.24, 2.45) is 5.92 Å². The van der Waals surface area contributed by atoms with Gasteiger partial charge in [-0.2, -0.15) is 0 Å². The van der Waals surface area contributed by atoms with E-state index in [9.17, 15) is 13.2 Å². The van der Waals surface area contributed by atoms with Crippen molar-refractivity contribution >= 4 is 37.2 Å². The minimum Gasteiger partial charge on any atom is -0.352 e. The van der Waals surface area contributed by atoms with Crippen molar-refractivity contribution in [3.8, 4) is 0 Å². The van der Waals surface area contributed by atoms with Crippen molar-refractivity contribution in [1.82, 2.24) is 5.32 Å². The maximum absolute atomic E-state index is 12.0. The molecule has 1 rings (SSSR count). The Morgan fingerprint density at radius 1 is 1.24 bits per heavy atom. The van der Waals surface area contributed by atoms with Crippen LogP contribution in [0.3, 0.4) is 0 Å². The second-order valence-electron chi connectivity index (χ2n) is 5.26. The summed E-state index contributed by atoms with van der Waals surface area (Å²) in [6.45, 7) is 4.85. The van der Waals surface area contributed by atoms with E-state index in [0.717, 1.165) is 19.3 Å². The number of carbonyl (C=O) groups is 1. The number of halogens is 2. The van der Waals surface area contributed by atoms with Gasteiger partial charge in [0.25, 0.3) is 15.0 Å². The van der Waals surface area contributed by atoms with Crippen molar-refractivity contribution in [1.29, 1.82) is 0 Å². The average Bonchev–Trinajstić information content (AvgIpc) is 2.36. The Morgan fingerprint density at radius 2 is 1.90 bits per heavy atom. The molecule has 0 radical (unpaired) electrons. The zero-order valence-corrected chi connectivity index (χ0v) is 14.4. The monoisotopic (exact) mass is 351 g/mol. The van der Waals surface area contributed by atoms with Gasteiger partial charge < -0.3 is 5.32 Å². The van der Waals surface area contributed by atoms with Gasteiger partial charge in [-0.1, -0.05) is 38.3 Å². The first-order valence-electron chi connectivity index (χ1n) is 6.73. The number of hydrogen-bond acceptors (Lipinski definition) is 3. The largest absolute Gasteiger partial charge is 0.352 e. The van der Waals surface area contributed by atoms with E-state index in [0.29, 0.717) is 12.5 Å². The first-order chi connectivity index (χ1) is 9.70. The molecule has 21 heavy (non-hydrogen) atoms. The fraction of sp³-hybridized carbons (Fsp3) is 0.500. The van der Waals surface area contributed by atoms with Gasteiger partial charge in [0.1, 0.15) is 0 Å². The first kappa shape index (κ1) is 18.3. The van der Waals surface area contributed by atoms with Gasteiger partial charge in [-0.15, -0.1) is 0 Å². The van der Waals surface area contributed by atoms with Crippen molar-refractivity contribution in [2.75, 3.05) is 6.54 Å². The summed E-state index contributed by atoms with van der Waals surface area (Å²) in [5, 5.41) is 2.90. The molecule has 0 aliphatic carbocycles.